The van der Waals surface area contributed by atoms with Gasteiger partial charge in [0.05, 0.1) is 0 Å². The molecule has 1 rings (SSSR count). The van der Waals surface area contributed by atoms with Crippen molar-refractivity contribution in [1.82, 2.24) is 0 Å². The lowest BCUT2D eigenvalue weighted by atomic mass is 10.2. The molecule has 0 bridgehead atoms. The molecule has 0 spiro atoms. The molecular weight excluding hydrogens is 156 g/mol. The van der Waals surface area contributed by atoms with E-state index in [-0.39, 0.29) is 5.75 Å². The average molecular weight is 164 g/mol. The fraction of sp³-hybridized carbons (Fsp3) is 0. The average Bonchev–Trinajstić information content (AvgIpc) is 1.98. The van der Waals surface area contributed by atoms with Gasteiger partial charge in [-0.05, 0) is 11.3 Å². The molecule has 62 valence electrons. The van der Waals surface area contributed by atoms with E-state index in [0.29, 0.717) is 10.4 Å². The Kier molecular flexibility index (Phi) is 2.14. The Labute approximate surface area is 69.2 Å². The summed E-state index contributed by atoms with van der Waals surface area (Å²) >= 11 is 0. The summed E-state index contributed by atoms with van der Waals surface area (Å²) in [7, 11) is 0. The predicted molar refractivity (Wildman–Crippen MR) is 45.4 cm³/mol. The molecule has 0 unspecified atom stereocenters. The molecule has 0 radical (unpaired) electrons. The Morgan fingerprint density at radius 1 is 1.42 bits per heavy atom. The van der Waals surface area contributed by atoms with Crippen LogP contribution >= 0.6 is 0 Å². The number of rotatable bonds is 1. The molecule has 0 aliphatic rings. The summed E-state index contributed by atoms with van der Waals surface area (Å²) in [6, 6.07) is 4.93. The van der Waals surface area contributed by atoms with Gasteiger partial charge in [0, 0.05) is 5.22 Å². The molecule has 3 nitrogen and oxygen atoms in total. The van der Waals surface area contributed by atoms with Crippen molar-refractivity contribution >= 4 is 19.3 Å². The molecule has 0 amide bonds. The highest BCUT2D eigenvalue weighted by molar-refractivity contribution is 5.61. The molecule has 0 aliphatic carbocycles. The van der Waals surface area contributed by atoms with Crippen molar-refractivity contribution in [3.8, 4) is 5.75 Å². The molecule has 0 saturated carbocycles. The van der Waals surface area contributed by atoms with Gasteiger partial charge < -0.3 is 9.84 Å². The first-order chi connectivity index (χ1) is 5.61. The van der Waals surface area contributed by atoms with Gasteiger partial charge >= 0.3 is 6.16 Å². The first-order valence-corrected chi connectivity index (χ1v) is 3.29. The molecule has 1 aromatic rings. The van der Waals surface area contributed by atoms with Crippen molar-refractivity contribution < 1.29 is 14.6 Å². The zero-order valence-electron chi connectivity index (χ0n) is 6.41. The van der Waals surface area contributed by atoms with Crippen LogP contribution in [-0.4, -0.2) is 11.3 Å². The van der Waals surface area contributed by atoms with Crippen LogP contribution in [0.4, 0.5) is 4.79 Å². The lowest BCUT2D eigenvalue weighted by Crippen LogP contribution is -2.24. The van der Waals surface area contributed by atoms with Gasteiger partial charge in [0.15, 0.2) is 0 Å². The van der Waals surface area contributed by atoms with Gasteiger partial charge in [-0.15, -0.1) is 0 Å². The van der Waals surface area contributed by atoms with Crippen molar-refractivity contribution in [3.05, 3.63) is 28.6 Å². The highest BCUT2D eigenvalue weighted by Crippen LogP contribution is 1.98. The molecule has 1 N–H and O–H groups in total. The van der Waals surface area contributed by atoms with E-state index in [1.165, 1.54) is 6.07 Å². The van der Waals surface area contributed by atoms with E-state index >= 15 is 0 Å². The van der Waals surface area contributed by atoms with Gasteiger partial charge in [-0.25, -0.2) is 4.79 Å². The van der Waals surface area contributed by atoms with Crippen LogP contribution in [0.15, 0.2) is 18.2 Å². The van der Waals surface area contributed by atoms with E-state index in [1.807, 2.05) is 0 Å². The summed E-state index contributed by atoms with van der Waals surface area (Å²) < 4.78 is 4.44. The standard InChI is InChI=1S/C9H8O3/c1-6-4-3-5-8(7(6)2)12-9(10)11/h3-5H,1-2H2,(H,10,11). The van der Waals surface area contributed by atoms with Crippen LogP contribution < -0.4 is 15.2 Å². The van der Waals surface area contributed by atoms with E-state index < -0.39 is 6.16 Å². The second-order valence-corrected chi connectivity index (χ2v) is 2.26. The smallest absolute Gasteiger partial charge is 0.449 e. The quantitative estimate of drug-likeness (QED) is 0.487. The number of benzene rings is 1. The minimum absolute atomic E-state index is 0.231. The maximum Gasteiger partial charge on any atom is 0.511 e. The highest BCUT2D eigenvalue weighted by Gasteiger charge is 2.00. The van der Waals surface area contributed by atoms with Gasteiger partial charge in [-0.1, -0.05) is 25.3 Å². The van der Waals surface area contributed by atoms with E-state index in [0.717, 1.165) is 0 Å². The molecule has 0 heterocycles. The molecule has 12 heavy (non-hydrogen) atoms. The van der Waals surface area contributed by atoms with Crippen molar-refractivity contribution in [3.63, 3.8) is 0 Å². The third kappa shape index (κ3) is 1.63. The summed E-state index contributed by atoms with van der Waals surface area (Å²) in [5.74, 6) is 0.231. The van der Waals surface area contributed by atoms with Gasteiger partial charge in [0.1, 0.15) is 5.75 Å². The number of hydrogen-bond acceptors (Lipinski definition) is 2. The Morgan fingerprint density at radius 3 is 2.67 bits per heavy atom. The lowest BCUT2D eigenvalue weighted by Gasteiger charge is -1.98. The monoisotopic (exact) mass is 164 g/mol. The first kappa shape index (κ1) is 8.33. The highest BCUT2D eigenvalue weighted by atomic mass is 16.7. The second kappa shape index (κ2) is 3.09. The number of carbonyl (C=O) groups is 1. The van der Waals surface area contributed by atoms with Gasteiger partial charge in [-0.3, -0.25) is 0 Å². The summed E-state index contributed by atoms with van der Waals surface area (Å²) in [4.78, 5) is 10.2. The number of ether oxygens (including phenoxy) is 1. The molecule has 0 fully saturated rings. The fourth-order valence-corrected chi connectivity index (χ4v) is 0.801. The Hall–Kier alpha value is -1.77. The van der Waals surface area contributed by atoms with Gasteiger partial charge in [0.2, 0.25) is 0 Å². The van der Waals surface area contributed by atoms with Gasteiger partial charge in [-0.2, -0.15) is 0 Å². The van der Waals surface area contributed by atoms with Gasteiger partial charge in [0.25, 0.3) is 0 Å². The fourth-order valence-electron chi connectivity index (χ4n) is 0.801. The van der Waals surface area contributed by atoms with E-state index in [1.54, 1.807) is 12.1 Å². The van der Waals surface area contributed by atoms with Crippen molar-refractivity contribution in [2.45, 2.75) is 0 Å². The maximum atomic E-state index is 10.2. The van der Waals surface area contributed by atoms with E-state index in [9.17, 15) is 4.79 Å². The zero-order valence-corrected chi connectivity index (χ0v) is 6.41. The molecule has 0 atom stereocenters. The van der Waals surface area contributed by atoms with Crippen molar-refractivity contribution in [2.24, 2.45) is 0 Å². The number of carboxylic acid groups (broad SMARTS) is 1. The Bertz CT molecular complexity index is 395. The van der Waals surface area contributed by atoms with E-state index in [4.69, 9.17) is 5.11 Å². The Balaban J connectivity index is 3.18. The molecular formula is C9H8O3. The van der Waals surface area contributed by atoms with Crippen LogP contribution in [0.1, 0.15) is 0 Å². The minimum atomic E-state index is -1.34. The SMILES string of the molecule is C=c1cccc(OC(=O)O)c1=C. The van der Waals surface area contributed by atoms with Crippen LogP contribution in [0.5, 0.6) is 5.75 Å². The molecule has 0 saturated heterocycles. The second-order valence-electron chi connectivity index (χ2n) is 2.26. The summed E-state index contributed by atoms with van der Waals surface area (Å²) in [5, 5.41) is 9.47. The largest absolute Gasteiger partial charge is 0.511 e. The topological polar surface area (TPSA) is 46.5 Å². The first-order valence-electron chi connectivity index (χ1n) is 3.29. The number of hydrogen-bond donors (Lipinski definition) is 1. The summed E-state index contributed by atoms with van der Waals surface area (Å²) in [6.45, 7) is 7.27. The van der Waals surface area contributed by atoms with Crippen LogP contribution in [0.2, 0.25) is 0 Å². The lowest BCUT2D eigenvalue weighted by molar-refractivity contribution is 0.144. The molecule has 0 aliphatic heterocycles. The summed E-state index contributed by atoms with van der Waals surface area (Å²) in [6.07, 6.45) is -1.34. The normalized spacial score (nSPS) is 9.33. The minimum Gasteiger partial charge on any atom is -0.449 e. The van der Waals surface area contributed by atoms with Crippen LogP contribution in [0.3, 0.4) is 0 Å². The maximum absolute atomic E-state index is 10.2. The Morgan fingerprint density at radius 2 is 2.08 bits per heavy atom. The van der Waals surface area contributed by atoms with Crippen molar-refractivity contribution in [2.75, 3.05) is 0 Å². The van der Waals surface area contributed by atoms with Crippen LogP contribution in [0, 0.1) is 0 Å². The predicted octanol–water partition coefficient (Wildman–Crippen LogP) is 0.564. The third-order valence-electron chi connectivity index (χ3n) is 1.43. The van der Waals surface area contributed by atoms with E-state index in [2.05, 4.69) is 17.9 Å². The molecule has 1 aromatic carbocycles. The van der Waals surface area contributed by atoms with Crippen LogP contribution in [-0.2, 0) is 0 Å². The third-order valence-corrected chi connectivity index (χ3v) is 1.43. The zero-order chi connectivity index (χ0) is 9.14. The van der Waals surface area contributed by atoms with Crippen LogP contribution in [0.25, 0.3) is 13.2 Å². The molecule has 3 heteroatoms. The van der Waals surface area contributed by atoms with Crippen molar-refractivity contribution in [1.29, 1.82) is 0 Å². The summed E-state index contributed by atoms with van der Waals surface area (Å²) in [5.41, 5.74) is 0. The molecule has 0 aromatic heterocycles.